The molecule has 3 nitrogen and oxygen atoms in total. The van der Waals surface area contributed by atoms with E-state index < -0.39 is 5.97 Å². The molecule has 15 heavy (non-hydrogen) atoms. The number of benzene rings is 2. The second kappa shape index (κ2) is 3.55. The van der Waals surface area contributed by atoms with Gasteiger partial charge in [-0.05, 0) is 32.8 Å². The Hall–Kier alpha value is -1.55. The summed E-state index contributed by atoms with van der Waals surface area (Å²) in [6, 6.07) is 9.06. The molecule has 0 saturated heterocycles. The minimum Gasteiger partial charge on any atom is -0.478 e. The zero-order valence-corrected chi connectivity index (χ0v) is 9.28. The molecule has 0 atom stereocenters. The van der Waals surface area contributed by atoms with Crippen LogP contribution in [-0.2, 0) is 0 Å². The molecule has 0 saturated carbocycles. The van der Waals surface area contributed by atoms with Crippen LogP contribution in [0.15, 0.2) is 34.8 Å². The van der Waals surface area contributed by atoms with Crippen molar-refractivity contribution in [3.63, 3.8) is 0 Å². The van der Waals surface area contributed by atoms with Crippen molar-refractivity contribution in [3.05, 3.63) is 40.4 Å². The van der Waals surface area contributed by atoms with E-state index in [0.29, 0.717) is 4.47 Å². The summed E-state index contributed by atoms with van der Waals surface area (Å²) in [6.45, 7) is 0. The Morgan fingerprint density at radius 1 is 1.33 bits per heavy atom. The van der Waals surface area contributed by atoms with Gasteiger partial charge in [0.2, 0.25) is 0 Å². The van der Waals surface area contributed by atoms with Gasteiger partial charge < -0.3 is 10.8 Å². The highest BCUT2D eigenvalue weighted by Gasteiger charge is 2.13. The van der Waals surface area contributed by atoms with Gasteiger partial charge in [-0.1, -0.05) is 24.3 Å². The van der Waals surface area contributed by atoms with Crippen LogP contribution >= 0.6 is 15.9 Å². The number of anilines is 1. The summed E-state index contributed by atoms with van der Waals surface area (Å²) >= 11 is 3.31. The van der Waals surface area contributed by atoms with Crippen molar-refractivity contribution in [2.24, 2.45) is 0 Å². The third-order valence-corrected chi connectivity index (χ3v) is 3.11. The number of carboxylic acids is 1. The fraction of sp³-hybridized carbons (Fsp3) is 0. The van der Waals surface area contributed by atoms with Gasteiger partial charge in [-0.3, -0.25) is 0 Å². The molecule has 0 aliphatic heterocycles. The first-order chi connectivity index (χ1) is 7.11. The summed E-state index contributed by atoms with van der Waals surface area (Å²) in [4.78, 5) is 10.9. The Labute approximate surface area is 94.6 Å². The number of rotatable bonds is 1. The predicted octanol–water partition coefficient (Wildman–Crippen LogP) is 2.88. The van der Waals surface area contributed by atoms with Crippen LogP contribution < -0.4 is 5.73 Å². The number of hydrogen-bond acceptors (Lipinski definition) is 2. The second-order valence-corrected chi connectivity index (χ2v) is 3.97. The molecule has 0 heterocycles. The van der Waals surface area contributed by atoms with Gasteiger partial charge in [-0.25, -0.2) is 4.79 Å². The molecule has 2 aromatic carbocycles. The van der Waals surface area contributed by atoms with E-state index in [-0.39, 0.29) is 11.3 Å². The first-order valence-corrected chi connectivity index (χ1v) is 5.10. The Balaban J connectivity index is 2.88. The molecule has 3 N–H and O–H groups in total. The highest BCUT2D eigenvalue weighted by molar-refractivity contribution is 9.10. The molecule has 0 unspecified atom stereocenters. The van der Waals surface area contributed by atoms with E-state index in [9.17, 15) is 4.79 Å². The summed E-state index contributed by atoms with van der Waals surface area (Å²) in [5.41, 5.74) is 6.11. The van der Waals surface area contributed by atoms with Crippen LogP contribution in [0.5, 0.6) is 0 Å². The van der Waals surface area contributed by atoms with Crippen molar-refractivity contribution in [2.75, 3.05) is 5.73 Å². The highest BCUT2D eigenvalue weighted by Crippen LogP contribution is 2.32. The van der Waals surface area contributed by atoms with Crippen LogP contribution in [0.3, 0.4) is 0 Å². The largest absolute Gasteiger partial charge is 0.478 e. The lowest BCUT2D eigenvalue weighted by Crippen LogP contribution is -2.03. The van der Waals surface area contributed by atoms with Crippen molar-refractivity contribution in [1.82, 2.24) is 0 Å². The molecule has 76 valence electrons. The highest BCUT2D eigenvalue weighted by atomic mass is 79.9. The standard InChI is InChI=1S/C11H8BrNO2/c12-9-7-4-2-1-3-6(7)5-8(10(9)13)11(14)15/h1-5H,13H2,(H,14,15). The smallest absolute Gasteiger partial charge is 0.337 e. The van der Waals surface area contributed by atoms with Gasteiger partial charge in [0.05, 0.1) is 11.3 Å². The van der Waals surface area contributed by atoms with E-state index in [1.807, 2.05) is 24.3 Å². The third-order valence-electron chi connectivity index (χ3n) is 2.25. The Bertz CT molecular complexity index is 552. The molecule has 0 amide bonds. The maximum Gasteiger partial charge on any atom is 0.337 e. The minimum atomic E-state index is -1.01. The molecule has 2 aromatic rings. The summed E-state index contributed by atoms with van der Waals surface area (Å²) in [5, 5.41) is 10.7. The first-order valence-electron chi connectivity index (χ1n) is 4.31. The zero-order valence-electron chi connectivity index (χ0n) is 7.70. The molecule has 0 spiro atoms. The number of halogens is 1. The number of hydrogen-bond donors (Lipinski definition) is 2. The summed E-state index contributed by atoms with van der Waals surface area (Å²) < 4.78 is 0.637. The summed E-state index contributed by atoms with van der Waals surface area (Å²) in [5.74, 6) is -1.01. The zero-order chi connectivity index (χ0) is 11.0. The van der Waals surface area contributed by atoms with Crippen LogP contribution in [0.2, 0.25) is 0 Å². The van der Waals surface area contributed by atoms with E-state index in [1.54, 1.807) is 6.07 Å². The van der Waals surface area contributed by atoms with Gasteiger partial charge in [-0.2, -0.15) is 0 Å². The molecule has 4 heteroatoms. The number of aromatic carboxylic acids is 1. The molecular formula is C11H8BrNO2. The van der Waals surface area contributed by atoms with E-state index in [2.05, 4.69) is 15.9 Å². The lowest BCUT2D eigenvalue weighted by atomic mass is 10.1. The molecule has 0 aliphatic carbocycles. The van der Waals surface area contributed by atoms with Crippen LogP contribution in [0.4, 0.5) is 5.69 Å². The maximum atomic E-state index is 10.9. The second-order valence-electron chi connectivity index (χ2n) is 3.18. The van der Waals surface area contributed by atoms with Gasteiger partial charge >= 0.3 is 5.97 Å². The number of nitrogen functional groups attached to an aromatic ring is 1. The Morgan fingerprint density at radius 2 is 2.00 bits per heavy atom. The van der Waals surface area contributed by atoms with Crippen molar-refractivity contribution in [2.45, 2.75) is 0 Å². The quantitative estimate of drug-likeness (QED) is 0.780. The van der Waals surface area contributed by atoms with Gasteiger partial charge in [0.25, 0.3) is 0 Å². The fourth-order valence-corrected chi connectivity index (χ4v) is 2.07. The molecule has 2 rings (SSSR count). The van der Waals surface area contributed by atoms with Crippen LogP contribution in [0.1, 0.15) is 10.4 Å². The van der Waals surface area contributed by atoms with Crippen molar-refractivity contribution in [1.29, 1.82) is 0 Å². The van der Waals surface area contributed by atoms with Crippen molar-refractivity contribution >= 4 is 38.4 Å². The monoisotopic (exact) mass is 265 g/mol. The van der Waals surface area contributed by atoms with Gasteiger partial charge in [-0.15, -0.1) is 0 Å². The number of carboxylic acid groups (broad SMARTS) is 1. The Morgan fingerprint density at radius 3 is 2.67 bits per heavy atom. The first kappa shape index (κ1) is 9.98. The van der Waals surface area contributed by atoms with Gasteiger partial charge in [0, 0.05) is 4.47 Å². The average molecular weight is 266 g/mol. The van der Waals surface area contributed by atoms with Crippen LogP contribution in [-0.4, -0.2) is 11.1 Å². The normalized spacial score (nSPS) is 10.5. The third kappa shape index (κ3) is 1.57. The van der Waals surface area contributed by atoms with E-state index in [0.717, 1.165) is 10.8 Å². The van der Waals surface area contributed by atoms with E-state index in [4.69, 9.17) is 10.8 Å². The number of nitrogens with two attached hydrogens (primary N) is 1. The average Bonchev–Trinajstić information content (AvgIpc) is 2.23. The molecule has 0 bridgehead atoms. The molecule has 0 fully saturated rings. The molecule has 0 aliphatic rings. The number of fused-ring (bicyclic) bond motifs is 1. The molecular weight excluding hydrogens is 258 g/mol. The lowest BCUT2D eigenvalue weighted by Gasteiger charge is -2.07. The molecule has 0 aromatic heterocycles. The topological polar surface area (TPSA) is 63.3 Å². The van der Waals surface area contributed by atoms with Gasteiger partial charge in [0.1, 0.15) is 0 Å². The van der Waals surface area contributed by atoms with Gasteiger partial charge in [0.15, 0.2) is 0 Å². The Kier molecular flexibility index (Phi) is 2.36. The lowest BCUT2D eigenvalue weighted by molar-refractivity contribution is 0.0698. The summed E-state index contributed by atoms with van der Waals surface area (Å²) in [7, 11) is 0. The fourth-order valence-electron chi connectivity index (χ4n) is 1.50. The van der Waals surface area contributed by atoms with Crippen LogP contribution in [0, 0.1) is 0 Å². The van der Waals surface area contributed by atoms with Crippen molar-refractivity contribution in [3.8, 4) is 0 Å². The molecule has 0 radical (unpaired) electrons. The predicted molar refractivity (Wildman–Crippen MR) is 63.0 cm³/mol. The maximum absolute atomic E-state index is 10.9. The van der Waals surface area contributed by atoms with Crippen molar-refractivity contribution < 1.29 is 9.90 Å². The van der Waals surface area contributed by atoms with E-state index in [1.165, 1.54) is 0 Å². The number of carbonyl (C=O) groups is 1. The minimum absolute atomic E-state index is 0.126. The van der Waals surface area contributed by atoms with E-state index >= 15 is 0 Å². The summed E-state index contributed by atoms with van der Waals surface area (Å²) in [6.07, 6.45) is 0. The SMILES string of the molecule is Nc1c(C(=O)O)cc2ccccc2c1Br. The van der Waals surface area contributed by atoms with Crippen LogP contribution in [0.25, 0.3) is 10.8 Å².